The van der Waals surface area contributed by atoms with Gasteiger partial charge in [0.1, 0.15) is 5.00 Å². The Morgan fingerprint density at radius 3 is 2.48 bits per heavy atom. The van der Waals surface area contributed by atoms with Crippen molar-refractivity contribution >= 4 is 60.1 Å². The molecule has 25 heavy (non-hydrogen) atoms. The Morgan fingerprint density at radius 1 is 1.28 bits per heavy atom. The number of alkyl halides is 2. The van der Waals surface area contributed by atoms with Crippen molar-refractivity contribution in [3.8, 4) is 0 Å². The second-order valence-corrected chi connectivity index (χ2v) is 11.2. The number of carbonyl (C=O) groups excluding carboxylic acids is 2. The number of halogens is 2. The van der Waals surface area contributed by atoms with Crippen molar-refractivity contribution in [3.63, 3.8) is 0 Å². The molecule has 0 saturated heterocycles. The number of thiophene rings is 1. The van der Waals surface area contributed by atoms with E-state index in [1.807, 2.05) is 37.3 Å². The minimum atomic E-state index is -0.552. The van der Waals surface area contributed by atoms with Crippen molar-refractivity contribution in [2.24, 2.45) is 5.41 Å². The fourth-order valence-electron chi connectivity index (χ4n) is 2.57. The summed E-state index contributed by atoms with van der Waals surface area (Å²) in [7, 11) is 1.34. The van der Waals surface area contributed by atoms with Crippen molar-refractivity contribution in [2.45, 2.75) is 23.0 Å². The Morgan fingerprint density at radius 2 is 1.92 bits per heavy atom. The van der Waals surface area contributed by atoms with Gasteiger partial charge in [-0.2, -0.15) is 0 Å². The molecule has 1 unspecified atom stereocenters. The second kappa shape index (κ2) is 6.85. The fourth-order valence-corrected chi connectivity index (χ4v) is 5.12. The lowest BCUT2D eigenvalue weighted by atomic mass is 10.1. The number of benzene rings is 1. The minimum absolute atomic E-state index is 0.125. The van der Waals surface area contributed by atoms with Crippen LogP contribution in [0.2, 0.25) is 0 Å². The molecule has 4 nitrogen and oxygen atoms in total. The molecule has 1 aromatic carbocycles. The third kappa shape index (κ3) is 3.68. The third-order valence-corrected chi connectivity index (χ3v) is 7.76. The highest BCUT2D eigenvalue weighted by Crippen LogP contribution is 2.66. The standard InChI is InChI=1S/C18H17Br2NO3S/c1-17(10-18(17,19)20)16(23)21-14-13(15(22)24-2)9-12(25-14)8-11-6-4-3-5-7-11/h3-7,9H,8,10H2,1-2H3,(H,21,23). The van der Waals surface area contributed by atoms with Gasteiger partial charge in [-0.05, 0) is 25.0 Å². The lowest BCUT2D eigenvalue weighted by Gasteiger charge is -2.12. The number of nitrogens with one attached hydrogen (secondary N) is 1. The molecule has 7 heteroatoms. The highest BCUT2D eigenvalue weighted by atomic mass is 79.9. The van der Waals surface area contributed by atoms with E-state index in [4.69, 9.17) is 4.74 Å². The number of hydrogen-bond donors (Lipinski definition) is 1. The van der Waals surface area contributed by atoms with Crippen LogP contribution in [0.25, 0.3) is 0 Å². The van der Waals surface area contributed by atoms with Crippen LogP contribution in [0.3, 0.4) is 0 Å². The van der Waals surface area contributed by atoms with Gasteiger partial charge in [-0.1, -0.05) is 62.2 Å². The van der Waals surface area contributed by atoms with Crippen LogP contribution in [0.1, 0.15) is 34.1 Å². The van der Waals surface area contributed by atoms with Gasteiger partial charge in [-0.3, -0.25) is 4.79 Å². The van der Waals surface area contributed by atoms with Crippen LogP contribution in [0, 0.1) is 5.41 Å². The van der Waals surface area contributed by atoms with E-state index in [9.17, 15) is 9.59 Å². The molecule has 0 aliphatic heterocycles. The molecule has 3 rings (SSSR count). The van der Waals surface area contributed by atoms with Crippen molar-refractivity contribution in [2.75, 3.05) is 12.4 Å². The molecule has 1 atom stereocenters. The number of carbonyl (C=O) groups is 2. The summed E-state index contributed by atoms with van der Waals surface area (Å²) in [5.41, 5.74) is 0.988. The summed E-state index contributed by atoms with van der Waals surface area (Å²) >= 11 is 8.41. The molecule has 1 saturated carbocycles. The zero-order chi connectivity index (χ0) is 18.2. The van der Waals surface area contributed by atoms with Gasteiger partial charge in [0.15, 0.2) is 0 Å². The lowest BCUT2D eigenvalue weighted by molar-refractivity contribution is -0.120. The van der Waals surface area contributed by atoms with Gasteiger partial charge in [-0.25, -0.2) is 4.79 Å². The van der Waals surface area contributed by atoms with Crippen LogP contribution < -0.4 is 5.32 Å². The average molecular weight is 487 g/mol. The van der Waals surface area contributed by atoms with Gasteiger partial charge in [0.2, 0.25) is 5.91 Å². The maximum atomic E-state index is 12.6. The summed E-state index contributed by atoms with van der Waals surface area (Å²) in [6.45, 7) is 1.88. The predicted octanol–water partition coefficient (Wildman–Crippen LogP) is 4.96. The van der Waals surface area contributed by atoms with Crippen LogP contribution in [0.5, 0.6) is 0 Å². The van der Waals surface area contributed by atoms with Crippen LogP contribution in [-0.2, 0) is 16.0 Å². The smallest absolute Gasteiger partial charge is 0.340 e. The highest BCUT2D eigenvalue weighted by Gasteiger charge is 2.66. The van der Waals surface area contributed by atoms with E-state index in [0.717, 1.165) is 10.4 Å². The minimum Gasteiger partial charge on any atom is -0.465 e. The predicted molar refractivity (Wildman–Crippen MR) is 107 cm³/mol. The summed E-state index contributed by atoms with van der Waals surface area (Å²) in [5, 5.41) is 3.44. The van der Waals surface area contributed by atoms with Gasteiger partial charge >= 0.3 is 5.97 Å². The molecule has 1 N–H and O–H groups in total. The first kappa shape index (κ1) is 18.6. The highest BCUT2D eigenvalue weighted by molar-refractivity contribution is 9.25. The van der Waals surface area contributed by atoms with Gasteiger partial charge in [0, 0.05) is 11.3 Å². The number of hydrogen-bond acceptors (Lipinski definition) is 4. The number of amides is 1. The van der Waals surface area contributed by atoms with Gasteiger partial charge in [0.25, 0.3) is 0 Å². The Bertz CT molecular complexity index is 819. The van der Waals surface area contributed by atoms with E-state index in [-0.39, 0.29) is 9.14 Å². The molecule has 1 heterocycles. The Hall–Kier alpha value is -1.18. The molecule has 1 aliphatic rings. The summed E-state index contributed by atoms with van der Waals surface area (Å²) < 4.78 is 4.48. The largest absolute Gasteiger partial charge is 0.465 e. The van der Waals surface area contributed by atoms with Crippen LogP contribution in [0.4, 0.5) is 5.00 Å². The monoisotopic (exact) mass is 485 g/mol. The molecule has 1 aromatic heterocycles. The first-order valence-corrected chi connectivity index (χ1v) is 10.1. The summed E-state index contributed by atoms with van der Waals surface area (Å²) in [6, 6.07) is 11.8. The third-order valence-electron chi connectivity index (χ3n) is 4.40. The summed E-state index contributed by atoms with van der Waals surface area (Å²) in [4.78, 5) is 25.7. The van der Waals surface area contributed by atoms with Crippen LogP contribution >= 0.6 is 43.2 Å². The number of anilines is 1. The fraction of sp³-hybridized carbons (Fsp3) is 0.333. The van der Waals surface area contributed by atoms with E-state index in [0.29, 0.717) is 23.4 Å². The topological polar surface area (TPSA) is 55.4 Å². The zero-order valence-electron chi connectivity index (χ0n) is 13.8. The molecule has 132 valence electrons. The molecule has 2 aromatic rings. The molecular weight excluding hydrogens is 470 g/mol. The van der Waals surface area contributed by atoms with Crippen molar-refractivity contribution in [1.29, 1.82) is 0 Å². The summed E-state index contributed by atoms with van der Waals surface area (Å²) in [6.07, 6.45) is 1.38. The molecule has 1 amide bonds. The Balaban J connectivity index is 1.84. The summed E-state index contributed by atoms with van der Waals surface area (Å²) in [5.74, 6) is -0.574. The zero-order valence-corrected chi connectivity index (χ0v) is 17.8. The first-order chi connectivity index (χ1) is 11.8. The van der Waals surface area contributed by atoms with E-state index >= 15 is 0 Å². The van der Waals surface area contributed by atoms with Gasteiger partial charge in [0.05, 0.1) is 21.3 Å². The number of ether oxygens (including phenoxy) is 1. The van der Waals surface area contributed by atoms with Crippen LogP contribution in [-0.4, -0.2) is 22.2 Å². The van der Waals surface area contributed by atoms with Crippen LogP contribution in [0.15, 0.2) is 36.4 Å². The second-order valence-electron chi connectivity index (χ2n) is 6.28. The maximum Gasteiger partial charge on any atom is 0.340 e. The SMILES string of the molecule is COC(=O)c1cc(Cc2ccccc2)sc1NC(=O)C1(C)CC1(Br)Br. The Labute approximate surface area is 167 Å². The molecule has 0 bridgehead atoms. The van der Waals surface area contributed by atoms with E-state index in [1.54, 1.807) is 6.07 Å². The van der Waals surface area contributed by atoms with Gasteiger partial charge in [-0.15, -0.1) is 11.3 Å². The molecule has 0 spiro atoms. The Kier molecular flexibility index (Phi) is 5.10. The van der Waals surface area contributed by atoms with E-state index < -0.39 is 11.4 Å². The quantitative estimate of drug-likeness (QED) is 0.480. The number of rotatable bonds is 5. The molecule has 1 fully saturated rings. The maximum absolute atomic E-state index is 12.6. The number of esters is 1. The van der Waals surface area contributed by atoms with E-state index in [1.165, 1.54) is 18.4 Å². The van der Waals surface area contributed by atoms with Crippen molar-refractivity contribution in [1.82, 2.24) is 0 Å². The number of methoxy groups -OCH3 is 1. The lowest BCUT2D eigenvalue weighted by Crippen LogP contribution is -2.26. The first-order valence-electron chi connectivity index (χ1n) is 7.71. The molecular formula is C18H17Br2NO3S. The van der Waals surface area contributed by atoms with Crippen molar-refractivity contribution < 1.29 is 14.3 Å². The normalized spacial score (nSPS) is 20.8. The molecule has 0 radical (unpaired) electrons. The van der Waals surface area contributed by atoms with E-state index in [2.05, 4.69) is 37.2 Å². The van der Waals surface area contributed by atoms with Crippen molar-refractivity contribution in [3.05, 3.63) is 52.4 Å². The average Bonchev–Trinajstić information content (AvgIpc) is 2.91. The van der Waals surface area contributed by atoms with Gasteiger partial charge < -0.3 is 10.1 Å². The molecule has 1 aliphatic carbocycles.